The average Bonchev–Trinajstić information content (AvgIpc) is 2.77. The highest BCUT2D eigenvalue weighted by molar-refractivity contribution is 4.87. The molecule has 2 aliphatic rings. The molecule has 0 aromatic carbocycles. The minimum Gasteiger partial charge on any atom is -0.381 e. The molecule has 2 saturated heterocycles. The number of alkyl halides is 1. The molecule has 0 amide bonds. The number of hydrogen-bond donors (Lipinski definition) is 1. The Hall–Kier alpha value is -0.150. The lowest BCUT2D eigenvalue weighted by atomic mass is 9.96. The number of nitrogens with one attached hydrogen (secondary N) is 1. The van der Waals surface area contributed by atoms with Crippen molar-refractivity contribution >= 4 is 0 Å². The van der Waals surface area contributed by atoms with E-state index in [1.165, 1.54) is 0 Å². The fraction of sp³-hybridized carbons (Fsp3) is 1.00. The lowest BCUT2D eigenvalue weighted by Gasteiger charge is -2.20. The Morgan fingerprint density at radius 3 is 2.92 bits per heavy atom. The summed E-state index contributed by atoms with van der Waals surface area (Å²) in [6, 6.07) is 0.108. The minimum atomic E-state index is -0.685. The van der Waals surface area contributed by atoms with Gasteiger partial charge in [0.05, 0.1) is 6.61 Å². The lowest BCUT2D eigenvalue weighted by molar-refractivity contribution is 0.137. The van der Waals surface area contributed by atoms with Crippen LogP contribution in [0, 0.1) is 5.92 Å². The van der Waals surface area contributed by atoms with E-state index in [1.54, 1.807) is 0 Å². The van der Waals surface area contributed by atoms with E-state index in [-0.39, 0.29) is 12.0 Å². The molecular weight excluding hydrogens is 157 g/mol. The molecule has 70 valence electrons. The molecule has 2 aliphatic heterocycles. The highest BCUT2D eigenvalue weighted by Gasteiger charge is 2.33. The summed E-state index contributed by atoms with van der Waals surface area (Å²) in [6.45, 7) is 2.36. The summed E-state index contributed by atoms with van der Waals surface area (Å²) in [6.07, 6.45) is 2.34. The second-order valence-corrected chi connectivity index (χ2v) is 3.77. The Morgan fingerprint density at radius 1 is 1.42 bits per heavy atom. The summed E-state index contributed by atoms with van der Waals surface area (Å²) < 4.78 is 18.8. The van der Waals surface area contributed by atoms with Gasteiger partial charge in [-0.3, -0.25) is 0 Å². The number of halogens is 1. The molecule has 0 aromatic rings. The molecule has 2 nitrogen and oxygen atoms in total. The maximum Gasteiger partial charge on any atom is 0.120 e. The highest BCUT2D eigenvalue weighted by Crippen LogP contribution is 2.25. The first-order chi connectivity index (χ1) is 5.88. The Bertz CT molecular complexity index is 125. The summed E-state index contributed by atoms with van der Waals surface area (Å²) >= 11 is 0. The average molecular weight is 173 g/mol. The van der Waals surface area contributed by atoms with Crippen LogP contribution in [-0.4, -0.2) is 32.0 Å². The molecule has 1 N–H and O–H groups in total. The first-order valence-electron chi connectivity index (χ1n) is 4.83. The molecule has 2 heterocycles. The quantitative estimate of drug-likeness (QED) is 0.675. The fourth-order valence-electron chi connectivity index (χ4n) is 2.12. The van der Waals surface area contributed by atoms with Crippen molar-refractivity contribution in [2.45, 2.75) is 31.5 Å². The van der Waals surface area contributed by atoms with Crippen molar-refractivity contribution in [3.63, 3.8) is 0 Å². The van der Waals surface area contributed by atoms with E-state index in [9.17, 15) is 4.39 Å². The van der Waals surface area contributed by atoms with Gasteiger partial charge < -0.3 is 10.1 Å². The summed E-state index contributed by atoms with van der Waals surface area (Å²) in [7, 11) is 0. The molecule has 3 atom stereocenters. The van der Waals surface area contributed by atoms with Crippen LogP contribution < -0.4 is 5.32 Å². The van der Waals surface area contributed by atoms with Gasteiger partial charge in [-0.25, -0.2) is 4.39 Å². The molecule has 0 bridgehead atoms. The standard InChI is InChI=1S/C9H16FNO/c10-9(7-3-5-12-6-7)8-2-1-4-11-8/h7-9,11H,1-6H2. The number of rotatable bonds is 2. The second-order valence-electron chi connectivity index (χ2n) is 3.77. The molecule has 0 spiro atoms. The highest BCUT2D eigenvalue weighted by atomic mass is 19.1. The van der Waals surface area contributed by atoms with E-state index in [0.717, 1.165) is 32.4 Å². The van der Waals surface area contributed by atoms with Crippen LogP contribution in [0.15, 0.2) is 0 Å². The molecule has 3 heteroatoms. The first kappa shape index (κ1) is 8.45. The Balaban J connectivity index is 1.84. The monoisotopic (exact) mass is 173 g/mol. The van der Waals surface area contributed by atoms with Crippen LogP contribution in [0.25, 0.3) is 0 Å². The van der Waals surface area contributed by atoms with Gasteiger partial charge in [0.1, 0.15) is 6.17 Å². The van der Waals surface area contributed by atoms with E-state index >= 15 is 0 Å². The Labute approximate surface area is 72.5 Å². The molecule has 2 rings (SSSR count). The summed E-state index contributed by atoms with van der Waals surface area (Å²) in [5, 5.41) is 3.20. The Morgan fingerprint density at radius 2 is 2.33 bits per heavy atom. The van der Waals surface area contributed by atoms with Crippen molar-refractivity contribution in [1.82, 2.24) is 5.32 Å². The van der Waals surface area contributed by atoms with Crippen LogP contribution in [0.2, 0.25) is 0 Å². The second kappa shape index (κ2) is 3.71. The summed E-state index contributed by atoms with van der Waals surface area (Å²) in [5.74, 6) is 0.153. The number of hydrogen-bond acceptors (Lipinski definition) is 2. The van der Waals surface area contributed by atoms with Crippen molar-refractivity contribution in [2.24, 2.45) is 5.92 Å². The van der Waals surface area contributed by atoms with Gasteiger partial charge in [0.2, 0.25) is 0 Å². The molecule has 12 heavy (non-hydrogen) atoms. The van der Waals surface area contributed by atoms with Gasteiger partial charge in [0, 0.05) is 18.6 Å². The van der Waals surface area contributed by atoms with E-state index in [1.807, 2.05) is 0 Å². The predicted octanol–water partition coefficient (Wildman–Crippen LogP) is 1.11. The van der Waals surface area contributed by atoms with Crippen molar-refractivity contribution in [1.29, 1.82) is 0 Å². The van der Waals surface area contributed by atoms with Gasteiger partial charge in [0.25, 0.3) is 0 Å². The maximum atomic E-state index is 13.7. The topological polar surface area (TPSA) is 21.3 Å². The molecule has 0 radical (unpaired) electrons. The van der Waals surface area contributed by atoms with E-state index in [0.29, 0.717) is 6.61 Å². The molecule has 0 aromatic heterocycles. The zero-order chi connectivity index (χ0) is 8.39. The van der Waals surface area contributed by atoms with Gasteiger partial charge in [-0.15, -0.1) is 0 Å². The van der Waals surface area contributed by atoms with Crippen LogP contribution in [0.4, 0.5) is 4.39 Å². The third kappa shape index (κ3) is 1.62. The number of ether oxygens (including phenoxy) is 1. The minimum absolute atomic E-state index is 0.108. The lowest BCUT2D eigenvalue weighted by Crippen LogP contribution is -2.37. The van der Waals surface area contributed by atoms with Crippen LogP contribution in [-0.2, 0) is 4.74 Å². The van der Waals surface area contributed by atoms with Crippen LogP contribution >= 0.6 is 0 Å². The molecule has 3 unspecified atom stereocenters. The van der Waals surface area contributed by atoms with Crippen molar-refractivity contribution in [3.8, 4) is 0 Å². The molecule has 2 fully saturated rings. The largest absolute Gasteiger partial charge is 0.381 e. The van der Waals surface area contributed by atoms with Crippen molar-refractivity contribution < 1.29 is 9.13 Å². The van der Waals surface area contributed by atoms with Crippen LogP contribution in [0.1, 0.15) is 19.3 Å². The van der Waals surface area contributed by atoms with E-state index in [2.05, 4.69) is 5.32 Å². The van der Waals surface area contributed by atoms with E-state index in [4.69, 9.17) is 4.74 Å². The van der Waals surface area contributed by atoms with Gasteiger partial charge in [-0.2, -0.15) is 0 Å². The van der Waals surface area contributed by atoms with E-state index < -0.39 is 6.17 Å². The van der Waals surface area contributed by atoms with Crippen LogP contribution in [0.5, 0.6) is 0 Å². The maximum absolute atomic E-state index is 13.7. The van der Waals surface area contributed by atoms with Crippen molar-refractivity contribution in [2.75, 3.05) is 19.8 Å². The van der Waals surface area contributed by atoms with Gasteiger partial charge >= 0.3 is 0 Å². The van der Waals surface area contributed by atoms with Crippen LogP contribution in [0.3, 0.4) is 0 Å². The third-order valence-corrected chi connectivity index (χ3v) is 2.90. The predicted molar refractivity (Wildman–Crippen MR) is 44.8 cm³/mol. The third-order valence-electron chi connectivity index (χ3n) is 2.90. The Kier molecular flexibility index (Phi) is 2.61. The van der Waals surface area contributed by atoms with Crippen molar-refractivity contribution in [3.05, 3.63) is 0 Å². The van der Waals surface area contributed by atoms with Gasteiger partial charge in [-0.1, -0.05) is 0 Å². The normalized spacial score (nSPS) is 38.8. The first-order valence-corrected chi connectivity index (χ1v) is 4.83. The molecule has 0 saturated carbocycles. The summed E-state index contributed by atoms with van der Waals surface area (Å²) in [5.41, 5.74) is 0. The molecular formula is C9H16FNO. The fourth-order valence-corrected chi connectivity index (χ4v) is 2.12. The van der Waals surface area contributed by atoms with Gasteiger partial charge in [-0.05, 0) is 25.8 Å². The summed E-state index contributed by atoms with van der Waals surface area (Å²) in [4.78, 5) is 0. The zero-order valence-corrected chi connectivity index (χ0v) is 7.26. The zero-order valence-electron chi connectivity index (χ0n) is 7.26. The smallest absolute Gasteiger partial charge is 0.120 e. The van der Waals surface area contributed by atoms with Gasteiger partial charge in [0.15, 0.2) is 0 Å². The SMILES string of the molecule is FC(C1CCOC1)C1CCCN1. The molecule has 0 aliphatic carbocycles.